The van der Waals surface area contributed by atoms with Crippen LogP contribution in [0.1, 0.15) is 25.6 Å². The van der Waals surface area contributed by atoms with Crippen molar-refractivity contribution in [3.05, 3.63) is 53.0 Å². The van der Waals surface area contributed by atoms with Gasteiger partial charge in [-0.3, -0.25) is 4.98 Å². The smallest absolute Gasteiger partial charge is 0.132 e. The number of aromatic nitrogens is 3. The number of rotatable bonds is 2. The predicted molar refractivity (Wildman–Crippen MR) is 84.6 cm³/mol. The quantitative estimate of drug-likeness (QED) is 0.647. The lowest BCUT2D eigenvalue weighted by Crippen LogP contribution is -2.00. The van der Waals surface area contributed by atoms with Gasteiger partial charge in [-0.1, -0.05) is 38.1 Å². The molecule has 0 aliphatic heterocycles. The summed E-state index contributed by atoms with van der Waals surface area (Å²) >= 11 is 3.47. The van der Waals surface area contributed by atoms with Crippen molar-refractivity contribution >= 4 is 26.8 Å². The van der Waals surface area contributed by atoms with E-state index in [0.29, 0.717) is 0 Å². The molecule has 0 aliphatic carbocycles. The van der Waals surface area contributed by atoms with Crippen LogP contribution in [0.2, 0.25) is 0 Å². The fraction of sp³-hybridized carbons (Fsp3) is 0.188. The molecule has 1 aromatic carbocycles. The van der Waals surface area contributed by atoms with E-state index in [0.717, 1.165) is 32.6 Å². The number of nitrogens with zero attached hydrogens (tertiary/aromatic N) is 3. The number of hydrogen-bond acceptors (Lipinski definition) is 3. The van der Waals surface area contributed by atoms with Gasteiger partial charge in [0.15, 0.2) is 0 Å². The Bertz CT molecular complexity index is 763. The first-order valence-electron chi connectivity index (χ1n) is 6.54. The highest BCUT2D eigenvalue weighted by molar-refractivity contribution is 9.10. The summed E-state index contributed by atoms with van der Waals surface area (Å²) in [5.74, 6) is 1.12. The summed E-state index contributed by atoms with van der Waals surface area (Å²) in [5.41, 5.74) is 2.91. The third-order valence-corrected chi connectivity index (χ3v) is 3.54. The molecule has 3 aromatic rings. The maximum atomic E-state index is 4.67. The van der Waals surface area contributed by atoms with E-state index in [1.807, 2.05) is 30.5 Å². The van der Waals surface area contributed by atoms with Crippen LogP contribution < -0.4 is 0 Å². The average Bonchev–Trinajstić information content (AvgIpc) is 2.46. The van der Waals surface area contributed by atoms with E-state index >= 15 is 0 Å². The SMILES string of the molecule is CC(C)c1nc(Br)cc(-c2cccc3cccnc23)n1. The van der Waals surface area contributed by atoms with Crippen molar-refractivity contribution in [2.45, 2.75) is 19.8 Å². The molecule has 2 aromatic heterocycles. The summed E-state index contributed by atoms with van der Waals surface area (Å²) in [7, 11) is 0. The Morgan fingerprint density at radius 3 is 2.65 bits per heavy atom. The van der Waals surface area contributed by atoms with E-state index in [1.165, 1.54) is 0 Å². The van der Waals surface area contributed by atoms with E-state index in [1.54, 1.807) is 0 Å². The van der Waals surface area contributed by atoms with Gasteiger partial charge in [0.05, 0.1) is 11.2 Å². The zero-order valence-corrected chi connectivity index (χ0v) is 12.9. The number of para-hydroxylation sites is 1. The van der Waals surface area contributed by atoms with Crippen LogP contribution in [0.15, 0.2) is 47.2 Å². The summed E-state index contributed by atoms with van der Waals surface area (Å²) in [5, 5.41) is 1.12. The predicted octanol–water partition coefficient (Wildman–Crippen LogP) is 4.58. The van der Waals surface area contributed by atoms with Gasteiger partial charge in [0.2, 0.25) is 0 Å². The van der Waals surface area contributed by atoms with Gasteiger partial charge in [-0.15, -0.1) is 0 Å². The fourth-order valence-electron chi connectivity index (χ4n) is 2.14. The molecule has 20 heavy (non-hydrogen) atoms. The topological polar surface area (TPSA) is 38.7 Å². The molecule has 0 spiro atoms. The van der Waals surface area contributed by atoms with E-state index in [4.69, 9.17) is 0 Å². The van der Waals surface area contributed by atoms with E-state index in [2.05, 4.69) is 56.9 Å². The van der Waals surface area contributed by atoms with Gasteiger partial charge in [0.25, 0.3) is 0 Å². The van der Waals surface area contributed by atoms with Gasteiger partial charge in [-0.2, -0.15) is 0 Å². The van der Waals surface area contributed by atoms with Crippen LogP contribution in [0.5, 0.6) is 0 Å². The zero-order chi connectivity index (χ0) is 14.1. The van der Waals surface area contributed by atoms with Crippen LogP contribution in [-0.4, -0.2) is 15.0 Å². The van der Waals surface area contributed by atoms with E-state index in [-0.39, 0.29) is 5.92 Å². The minimum Gasteiger partial charge on any atom is -0.256 e. The van der Waals surface area contributed by atoms with Crippen LogP contribution in [0, 0.1) is 0 Å². The molecule has 0 aliphatic rings. The molecule has 0 radical (unpaired) electrons. The van der Waals surface area contributed by atoms with Gasteiger partial charge in [0, 0.05) is 23.1 Å². The lowest BCUT2D eigenvalue weighted by atomic mass is 10.1. The highest BCUT2D eigenvalue weighted by atomic mass is 79.9. The molecular weight excluding hydrogens is 314 g/mol. The molecule has 3 rings (SSSR count). The third-order valence-electron chi connectivity index (χ3n) is 3.14. The largest absolute Gasteiger partial charge is 0.256 e. The van der Waals surface area contributed by atoms with Crippen LogP contribution in [0.4, 0.5) is 0 Å². The molecule has 0 N–H and O–H groups in total. The first-order valence-corrected chi connectivity index (χ1v) is 7.33. The Balaban J connectivity index is 2.25. The minimum absolute atomic E-state index is 0.286. The number of benzene rings is 1. The number of pyridine rings is 1. The molecule has 0 saturated carbocycles. The molecule has 0 saturated heterocycles. The summed E-state index contributed by atoms with van der Waals surface area (Å²) in [6, 6.07) is 12.1. The fourth-order valence-corrected chi connectivity index (χ4v) is 2.54. The van der Waals surface area contributed by atoms with Crippen LogP contribution in [-0.2, 0) is 0 Å². The minimum atomic E-state index is 0.286. The molecule has 0 atom stereocenters. The normalized spacial score (nSPS) is 11.2. The van der Waals surface area contributed by atoms with Gasteiger partial charge in [0.1, 0.15) is 10.4 Å². The van der Waals surface area contributed by atoms with Crippen molar-refractivity contribution < 1.29 is 0 Å². The Hall–Kier alpha value is -1.81. The number of fused-ring (bicyclic) bond motifs is 1. The first kappa shape index (κ1) is 13.2. The monoisotopic (exact) mass is 327 g/mol. The number of hydrogen-bond donors (Lipinski definition) is 0. The summed E-state index contributed by atoms with van der Waals surface area (Å²) in [4.78, 5) is 13.6. The average molecular weight is 328 g/mol. The second-order valence-corrected chi connectivity index (χ2v) is 5.78. The lowest BCUT2D eigenvalue weighted by molar-refractivity contribution is 0.771. The van der Waals surface area contributed by atoms with Gasteiger partial charge in [-0.05, 0) is 28.1 Å². The summed E-state index contributed by atoms with van der Waals surface area (Å²) < 4.78 is 0.805. The highest BCUT2D eigenvalue weighted by Crippen LogP contribution is 2.28. The highest BCUT2D eigenvalue weighted by Gasteiger charge is 2.11. The first-order chi connectivity index (χ1) is 9.65. The lowest BCUT2D eigenvalue weighted by Gasteiger charge is -2.09. The molecular formula is C16H14BrN3. The van der Waals surface area contributed by atoms with E-state index in [9.17, 15) is 0 Å². The van der Waals surface area contributed by atoms with Crippen molar-refractivity contribution in [1.82, 2.24) is 15.0 Å². The van der Waals surface area contributed by atoms with Gasteiger partial charge >= 0.3 is 0 Å². The molecule has 3 nitrogen and oxygen atoms in total. The van der Waals surface area contributed by atoms with Gasteiger partial charge in [-0.25, -0.2) is 9.97 Å². The summed E-state index contributed by atoms with van der Waals surface area (Å²) in [6.07, 6.45) is 1.81. The second kappa shape index (κ2) is 5.29. The molecule has 2 heterocycles. The standard InChI is InChI=1S/C16H14BrN3/c1-10(2)16-19-13(9-14(17)20-16)12-7-3-5-11-6-4-8-18-15(11)12/h3-10H,1-2H3. The maximum absolute atomic E-state index is 4.67. The molecule has 100 valence electrons. The van der Waals surface area contributed by atoms with Crippen molar-refractivity contribution in [2.24, 2.45) is 0 Å². The van der Waals surface area contributed by atoms with Crippen LogP contribution in [0.25, 0.3) is 22.2 Å². The van der Waals surface area contributed by atoms with Crippen LogP contribution >= 0.6 is 15.9 Å². The third kappa shape index (κ3) is 2.43. The Kier molecular flexibility index (Phi) is 3.49. The van der Waals surface area contributed by atoms with Gasteiger partial charge < -0.3 is 0 Å². The second-order valence-electron chi connectivity index (χ2n) is 4.97. The Labute approximate surface area is 126 Å². The molecule has 0 bridgehead atoms. The van der Waals surface area contributed by atoms with Crippen molar-refractivity contribution in [3.8, 4) is 11.3 Å². The molecule has 0 unspecified atom stereocenters. The van der Waals surface area contributed by atoms with Crippen molar-refractivity contribution in [1.29, 1.82) is 0 Å². The maximum Gasteiger partial charge on any atom is 0.132 e. The molecule has 0 amide bonds. The Morgan fingerprint density at radius 1 is 1.05 bits per heavy atom. The zero-order valence-electron chi connectivity index (χ0n) is 11.3. The van der Waals surface area contributed by atoms with Crippen molar-refractivity contribution in [2.75, 3.05) is 0 Å². The Morgan fingerprint density at radius 2 is 1.85 bits per heavy atom. The number of halogens is 1. The van der Waals surface area contributed by atoms with Crippen molar-refractivity contribution in [3.63, 3.8) is 0 Å². The van der Waals surface area contributed by atoms with E-state index < -0.39 is 0 Å². The summed E-state index contributed by atoms with van der Waals surface area (Å²) in [6.45, 7) is 4.18. The molecule has 4 heteroatoms. The van der Waals surface area contributed by atoms with Crippen LogP contribution in [0.3, 0.4) is 0 Å². The molecule has 0 fully saturated rings.